The topological polar surface area (TPSA) is 111 Å². The van der Waals surface area contributed by atoms with Crippen molar-refractivity contribution in [2.45, 2.75) is 25.8 Å². The quantitative estimate of drug-likeness (QED) is 0.365. The van der Waals surface area contributed by atoms with Gasteiger partial charge in [-0.25, -0.2) is 4.79 Å². The highest BCUT2D eigenvalue weighted by molar-refractivity contribution is 6.37. The van der Waals surface area contributed by atoms with Crippen molar-refractivity contribution in [3.8, 4) is 0 Å². The van der Waals surface area contributed by atoms with Crippen LogP contribution in [0.25, 0.3) is 11.3 Å². The zero-order chi connectivity index (χ0) is 26.8. The van der Waals surface area contributed by atoms with Gasteiger partial charge in [-0.3, -0.25) is 9.59 Å². The lowest BCUT2D eigenvalue weighted by Crippen LogP contribution is -2.43. The van der Waals surface area contributed by atoms with Crippen LogP contribution in [0.15, 0.2) is 66.7 Å². The predicted octanol–water partition coefficient (Wildman–Crippen LogP) is 4.45. The number of benzene rings is 3. The standard InChI is InChI=1S/C30H30N4O4/c1-18-16-24-25(17-23(18)30(37)38)33-29(36)26(24)27(19-6-4-3-5-7-19)31-21-10-8-20(9-11-21)28(35)32-22-12-14-34(2)15-13-22/h3-11,16-17,22,31H,12-15H2,1-2H3,(H,32,35)(H,33,36)(H,37,38). The fourth-order valence-electron chi connectivity index (χ4n) is 4.96. The molecule has 0 spiro atoms. The molecule has 2 amide bonds. The minimum absolute atomic E-state index is 0.0958. The fourth-order valence-corrected chi connectivity index (χ4v) is 4.96. The Hall–Kier alpha value is -4.43. The van der Waals surface area contributed by atoms with Crippen LogP contribution in [0.3, 0.4) is 0 Å². The second-order valence-electron chi connectivity index (χ2n) is 9.84. The number of piperidine rings is 1. The molecule has 2 heterocycles. The average molecular weight is 511 g/mol. The van der Waals surface area contributed by atoms with Crippen LogP contribution in [0.4, 0.5) is 11.4 Å². The summed E-state index contributed by atoms with van der Waals surface area (Å²) in [6.45, 7) is 3.66. The molecule has 0 aromatic heterocycles. The van der Waals surface area contributed by atoms with Crippen LogP contribution < -0.4 is 16.0 Å². The van der Waals surface area contributed by atoms with E-state index in [0.717, 1.165) is 31.5 Å². The van der Waals surface area contributed by atoms with Gasteiger partial charge in [-0.2, -0.15) is 0 Å². The van der Waals surface area contributed by atoms with Crippen molar-refractivity contribution in [1.29, 1.82) is 0 Å². The summed E-state index contributed by atoms with van der Waals surface area (Å²) in [5.41, 5.74) is 4.92. The van der Waals surface area contributed by atoms with Crippen molar-refractivity contribution in [1.82, 2.24) is 10.2 Å². The van der Waals surface area contributed by atoms with Gasteiger partial charge in [-0.15, -0.1) is 0 Å². The molecular weight excluding hydrogens is 480 g/mol. The zero-order valence-corrected chi connectivity index (χ0v) is 21.4. The summed E-state index contributed by atoms with van der Waals surface area (Å²) in [5, 5.41) is 18.8. The van der Waals surface area contributed by atoms with Gasteiger partial charge in [0.25, 0.3) is 11.8 Å². The molecule has 1 saturated heterocycles. The summed E-state index contributed by atoms with van der Waals surface area (Å²) in [6, 6.07) is 20.1. The van der Waals surface area contributed by atoms with Gasteiger partial charge in [0.2, 0.25) is 0 Å². The maximum absolute atomic E-state index is 13.2. The molecule has 0 aliphatic carbocycles. The predicted molar refractivity (Wildman–Crippen MR) is 148 cm³/mol. The average Bonchev–Trinajstić information content (AvgIpc) is 3.23. The van der Waals surface area contributed by atoms with E-state index in [1.54, 1.807) is 25.1 Å². The number of nitrogens with zero attached hydrogens (tertiary/aromatic N) is 1. The van der Waals surface area contributed by atoms with E-state index in [1.807, 2.05) is 42.5 Å². The van der Waals surface area contributed by atoms with Gasteiger partial charge in [0, 0.05) is 22.9 Å². The molecule has 0 saturated carbocycles. The first-order valence-electron chi connectivity index (χ1n) is 12.7. The van der Waals surface area contributed by atoms with Crippen LogP contribution in [0.2, 0.25) is 0 Å². The zero-order valence-electron chi connectivity index (χ0n) is 21.4. The lowest BCUT2D eigenvalue weighted by atomic mass is 9.96. The van der Waals surface area contributed by atoms with E-state index < -0.39 is 5.97 Å². The highest BCUT2D eigenvalue weighted by Crippen LogP contribution is 2.39. The largest absolute Gasteiger partial charge is 0.478 e. The maximum atomic E-state index is 13.2. The molecule has 5 rings (SSSR count). The molecule has 0 atom stereocenters. The van der Waals surface area contributed by atoms with Crippen LogP contribution >= 0.6 is 0 Å². The third-order valence-corrected chi connectivity index (χ3v) is 7.12. The second-order valence-corrected chi connectivity index (χ2v) is 9.84. The van der Waals surface area contributed by atoms with Crippen molar-refractivity contribution in [3.63, 3.8) is 0 Å². The van der Waals surface area contributed by atoms with Crippen LogP contribution in [-0.4, -0.2) is 54.0 Å². The van der Waals surface area contributed by atoms with Crippen LogP contribution in [-0.2, 0) is 4.79 Å². The number of carbonyl (C=O) groups excluding carboxylic acids is 2. The molecule has 1 fully saturated rings. The van der Waals surface area contributed by atoms with Crippen molar-refractivity contribution >= 4 is 40.4 Å². The Kier molecular flexibility index (Phi) is 6.98. The van der Waals surface area contributed by atoms with Gasteiger partial charge in [0.15, 0.2) is 0 Å². The number of rotatable bonds is 6. The smallest absolute Gasteiger partial charge is 0.336 e. The Morgan fingerprint density at radius 3 is 2.32 bits per heavy atom. The number of hydrogen-bond acceptors (Lipinski definition) is 5. The number of carboxylic acids is 1. The molecule has 194 valence electrons. The van der Waals surface area contributed by atoms with Crippen molar-refractivity contribution in [2.75, 3.05) is 30.8 Å². The molecule has 2 aliphatic rings. The summed E-state index contributed by atoms with van der Waals surface area (Å²) < 4.78 is 0. The number of nitrogens with one attached hydrogen (secondary N) is 3. The number of carboxylic acid groups (broad SMARTS) is 1. The van der Waals surface area contributed by atoms with E-state index in [9.17, 15) is 19.5 Å². The molecule has 3 aromatic carbocycles. The molecule has 0 bridgehead atoms. The molecule has 2 aliphatic heterocycles. The van der Waals surface area contributed by atoms with Gasteiger partial charge in [-0.05, 0) is 87.4 Å². The normalized spacial score (nSPS) is 16.9. The SMILES string of the molecule is Cc1cc2c(cc1C(=O)O)NC(=O)C2=C(Nc1ccc(C(=O)NC2CCN(C)CC2)cc1)c1ccccc1. The highest BCUT2D eigenvalue weighted by Gasteiger charge is 2.30. The van der Waals surface area contributed by atoms with Crippen LogP contribution in [0.1, 0.15) is 50.2 Å². The first-order chi connectivity index (χ1) is 18.3. The monoisotopic (exact) mass is 510 g/mol. The summed E-state index contributed by atoms with van der Waals surface area (Å²) >= 11 is 0. The molecule has 4 N–H and O–H groups in total. The third kappa shape index (κ3) is 5.17. The minimum atomic E-state index is -1.04. The van der Waals surface area contributed by atoms with Gasteiger partial charge in [0.05, 0.1) is 22.5 Å². The lowest BCUT2D eigenvalue weighted by molar-refractivity contribution is -0.110. The number of likely N-dealkylation sites (tertiary alicyclic amines) is 1. The Morgan fingerprint density at radius 2 is 1.66 bits per heavy atom. The number of fused-ring (bicyclic) bond motifs is 1. The first-order valence-corrected chi connectivity index (χ1v) is 12.7. The number of carbonyl (C=O) groups is 3. The molecule has 0 radical (unpaired) electrons. The summed E-state index contributed by atoms with van der Waals surface area (Å²) in [4.78, 5) is 39.8. The Labute approximate surface area is 221 Å². The third-order valence-electron chi connectivity index (χ3n) is 7.12. The van der Waals surface area contributed by atoms with Gasteiger partial charge >= 0.3 is 5.97 Å². The van der Waals surface area contributed by atoms with Gasteiger partial charge in [0.1, 0.15) is 0 Å². The number of amides is 2. The molecule has 38 heavy (non-hydrogen) atoms. The minimum Gasteiger partial charge on any atom is -0.478 e. The number of anilines is 2. The molecular formula is C30H30N4O4. The van der Waals surface area contributed by atoms with Crippen molar-refractivity contribution < 1.29 is 19.5 Å². The summed E-state index contributed by atoms with van der Waals surface area (Å²) in [5.74, 6) is -1.46. The van der Waals surface area contributed by atoms with Gasteiger partial charge < -0.3 is 26.0 Å². The van der Waals surface area contributed by atoms with Crippen LogP contribution in [0, 0.1) is 6.92 Å². The van der Waals surface area contributed by atoms with E-state index >= 15 is 0 Å². The summed E-state index contributed by atoms with van der Waals surface area (Å²) in [7, 11) is 2.09. The van der Waals surface area contributed by atoms with Crippen molar-refractivity contribution in [2.24, 2.45) is 0 Å². The molecule has 0 unspecified atom stereocenters. The highest BCUT2D eigenvalue weighted by atomic mass is 16.4. The summed E-state index contributed by atoms with van der Waals surface area (Å²) in [6.07, 6.45) is 1.87. The Morgan fingerprint density at radius 1 is 0.974 bits per heavy atom. The van der Waals surface area contributed by atoms with E-state index in [-0.39, 0.29) is 23.4 Å². The van der Waals surface area contributed by atoms with E-state index in [0.29, 0.717) is 39.3 Å². The lowest BCUT2D eigenvalue weighted by Gasteiger charge is -2.29. The molecule has 8 nitrogen and oxygen atoms in total. The maximum Gasteiger partial charge on any atom is 0.336 e. The Balaban J connectivity index is 1.45. The van der Waals surface area contributed by atoms with Gasteiger partial charge in [-0.1, -0.05) is 30.3 Å². The number of hydrogen-bond donors (Lipinski definition) is 4. The Bertz CT molecular complexity index is 1420. The first kappa shape index (κ1) is 25.2. The number of aromatic carboxylic acids is 1. The van der Waals surface area contributed by atoms with Crippen molar-refractivity contribution in [3.05, 3.63) is 94.5 Å². The molecule has 8 heteroatoms. The van der Waals surface area contributed by atoms with E-state index in [2.05, 4.69) is 27.9 Å². The van der Waals surface area contributed by atoms with E-state index in [4.69, 9.17) is 0 Å². The molecule has 3 aromatic rings. The fraction of sp³-hybridized carbons (Fsp3) is 0.233. The number of aryl methyl sites for hydroxylation is 1. The van der Waals surface area contributed by atoms with E-state index in [1.165, 1.54) is 6.07 Å². The van der Waals surface area contributed by atoms with Crippen LogP contribution in [0.5, 0.6) is 0 Å². The second kappa shape index (κ2) is 10.5.